The van der Waals surface area contributed by atoms with Crippen LogP contribution in [0.2, 0.25) is 0 Å². The summed E-state index contributed by atoms with van der Waals surface area (Å²) in [5.41, 5.74) is 0. The van der Waals surface area contributed by atoms with Crippen molar-refractivity contribution in [2.24, 2.45) is 0 Å². The van der Waals surface area contributed by atoms with Gasteiger partial charge in [-0.2, -0.15) is 0 Å². The van der Waals surface area contributed by atoms with E-state index in [1.807, 2.05) is 0 Å². The number of halogens is 2. The van der Waals surface area contributed by atoms with Crippen molar-refractivity contribution in [3.63, 3.8) is 0 Å². The summed E-state index contributed by atoms with van der Waals surface area (Å²) in [4.78, 5) is 7.35. The van der Waals surface area contributed by atoms with E-state index in [1.165, 1.54) is 6.33 Å². The second-order valence-electron chi connectivity index (χ2n) is 0.947. The average Bonchev–Trinajstić information content (AvgIpc) is 1.93. The van der Waals surface area contributed by atoms with E-state index < -0.39 is 0 Å². The van der Waals surface area contributed by atoms with E-state index in [9.17, 15) is 0 Å². The summed E-state index contributed by atoms with van der Waals surface area (Å²) in [6, 6.07) is 1.78. The van der Waals surface area contributed by atoms with Crippen LogP contribution in [0.4, 0.5) is 0 Å². The zero-order valence-electron chi connectivity index (χ0n) is 4.26. The van der Waals surface area contributed by atoms with E-state index >= 15 is 0 Å². The maximum Gasteiger partial charge on any atom is 0.115 e. The van der Waals surface area contributed by atoms with Gasteiger partial charge >= 0.3 is 49.1 Å². The van der Waals surface area contributed by atoms with Gasteiger partial charge in [-0.15, -0.1) is 0 Å². The van der Waals surface area contributed by atoms with Crippen molar-refractivity contribution in [1.82, 2.24) is 9.97 Å². The van der Waals surface area contributed by atoms with Crippen molar-refractivity contribution in [3.8, 4) is 0 Å². The van der Waals surface area contributed by atoms with Gasteiger partial charge < -0.3 is 0 Å². The van der Waals surface area contributed by atoms with Crippen molar-refractivity contribution in [2.45, 2.75) is 0 Å². The van der Waals surface area contributed by atoms with Crippen molar-refractivity contribution >= 4 is 40.7 Å². The molecule has 1 aromatic heterocycles. The topological polar surface area (TPSA) is 25.8 Å². The van der Waals surface area contributed by atoms with Gasteiger partial charge in [-0.3, -0.25) is 0 Å². The number of rotatable bonds is 0. The third-order valence-corrected chi connectivity index (χ3v) is 0.478. The molecular weight excluding hydrogens is 393 g/mol. The van der Waals surface area contributed by atoms with Gasteiger partial charge in [0.05, 0.1) is 0 Å². The van der Waals surface area contributed by atoms with Crippen LogP contribution >= 0.6 is 40.7 Å². The summed E-state index contributed by atoms with van der Waals surface area (Å²) in [7, 11) is 1.75. The minimum absolute atomic E-state index is 1.50. The van der Waals surface area contributed by atoms with Gasteiger partial charge in [0.2, 0.25) is 0 Å². The Kier molecular flexibility index (Phi) is 10.1. The van der Waals surface area contributed by atoms with Crippen LogP contribution in [0.15, 0.2) is 24.8 Å². The Hall–Kier alpha value is 1.06. The molecule has 1 aromatic rings. The molecule has 0 atom stereocenters. The third-order valence-electron chi connectivity index (χ3n) is 0.478. The second-order valence-corrected chi connectivity index (χ2v) is 8.90. The van der Waals surface area contributed by atoms with Gasteiger partial charge in [-0.1, -0.05) is 0 Å². The number of hydrogen-bond acceptors (Lipinski definition) is 2. The number of hydrogen-bond donors (Lipinski definition) is 0. The van der Waals surface area contributed by atoms with E-state index in [0.717, 1.165) is 0 Å². The molecule has 9 heavy (non-hydrogen) atoms. The maximum absolute atomic E-state index is 3.67. The second kappa shape index (κ2) is 9.06. The molecule has 0 aliphatic heterocycles. The van der Waals surface area contributed by atoms with Crippen molar-refractivity contribution < 1.29 is 8.46 Å². The smallest absolute Gasteiger partial charge is 0.115 e. The number of aromatic nitrogens is 2. The van der Waals surface area contributed by atoms with E-state index in [1.54, 1.807) is 26.9 Å². The number of nitrogens with zero attached hydrogens (tertiary/aromatic N) is 2. The molecule has 5 heteroatoms. The molecule has 0 aliphatic rings. The zero-order valence-corrected chi connectivity index (χ0v) is 9.52. The molecule has 0 radical (unpaired) electrons. The molecule has 1 heterocycles. The van der Waals surface area contributed by atoms with Gasteiger partial charge in [0, 0.05) is 12.4 Å². The molecule has 1 rings (SSSR count). The summed E-state index contributed by atoms with van der Waals surface area (Å²) >= 11 is 4.36. The zero-order chi connectivity index (χ0) is 6.95. The summed E-state index contributed by atoms with van der Waals surface area (Å²) in [6.45, 7) is 0. The monoisotopic (exact) mass is 397 g/mol. The normalized spacial score (nSPS) is 7.78. The first-order chi connectivity index (χ1) is 4.41. The Morgan fingerprint density at radius 2 is 1.56 bits per heavy atom. The molecule has 0 saturated carbocycles. The van der Waals surface area contributed by atoms with Crippen LogP contribution in [-0.4, -0.2) is 9.97 Å². The predicted molar refractivity (Wildman–Crippen MR) is 50.1 cm³/mol. The van der Waals surface area contributed by atoms with E-state index in [2.05, 4.69) is 50.7 Å². The maximum atomic E-state index is 3.67. The Labute approximate surface area is 82.9 Å². The Morgan fingerprint density at radius 1 is 1.11 bits per heavy atom. The largest absolute Gasteiger partial charge is 0.245 e. The summed E-state index contributed by atoms with van der Waals surface area (Å²) in [5, 5.41) is 0. The molecule has 0 N–H and O–H groups in total. The van der Waals surface area contributed by atoms with Crippen LogP contribution in [0.5, 0.6) is 0 Å². The summed E-state index contributed by atoms with van der Waals surface area (Å²) < 4.78 is 0. The SMILES string of the molecule is [I][Cu][I].c1cncnc1. The Bertz CT molecular complexity index is 99.4. The Morgan fingerprint density at radius 3 is 1.67 bits per heavy atom. The van der Waals surface area contributed by atoms with Crippen molar-refractivity contribution in [1.29, 1.82) is 0 Å². The van der Waals surface area contributed by atoms with Crippen LogP contribution in [0, 0.1) is 0 Å². The first kappa shape index (κ1) is 10.1. The van der Waals surface area contributed by atoms with Crippen molar-refractivity contribution in [3.05, 3.63) is 24.8 Å². The fraction of sp³-hybridized carbons (Fsp3) is 0. The standard InChI is InChI=1S/C4H4N2.Cu.2HI/c1-2-5-4-6-3-1;;;/h1-4H;;2*1H/q;+2;;/p-2. The van der Waals surface area contributed by atoms with Gasteiger partial charge in [0.15, 0.2) is 0 Å². The third kappa shape index (κ3) is 9.06. The molecule has 0 aliphatic carbocycles. The van der Waals surface area contributed by atoms with E-state index in [0.29, 0.717) is 0 Å². The van der Waals surface area contributed by atoms with Crippen LogP contribution in [0.25, 0.3) is 0 Å². The predicted octanol–water partition coefficient (Wildman–Crippen LogP) is 2.25. The van der Waals surface area contributed by atoms with Gasteiger partial charge in [0.1, 0.15) is 6.33 Å². The molecule has 55 valence electrons. The quantitative estimate of drug-likeness (QED) is 0.496. The molecule has 0 amide bonds. The van der Waals surface area contributed by atoms with Crippen LogP contribution in [0.3, 0.4) is 0 Å². The summed E-state index contributed by atoms with van der Waals surface area (Å²) in [6.07, 6.45) is 4.88. The average molecular weight is 397 g/mol. The fourth-order valence-corrected chi connectivity index (χ4v) is 0.253. The first-order valence-electron chi connectivity index (χ1n) is 1.93. The molecule has 0 fully saturated rings. The molecule has 0 aromatic carbocycles. The minimum Gasteiger partial charge on any atom is -0.245 e. The molecule has 2 nitrogen and oxygen atoms in total. The van der Waals surface area contributed by atoms with E-state index in [-0.39, 0.29) is 0 Å². The van der Waals surface area contributed by atoms with Crippen LogP contribution in [0.1, 0.15) is 0 Å². The Balaban J connectivity index is 0.000000187. The molecular formula is C4H4CuI2N2. The van der Waals surface area contributed by atoms with Crippen molar-refractivity contribution in [2.75, 3.05) is 0 Å². The first-order valence-corrected chi connectivity index (χ1v) is 8.00. The fourth-order valence-electron chi connectivity index (χ4n) is 0.253. The van der Waals surface area contributed by atoms with Gasteiger partial charge in [-0.05, 0) is 6.07 Å². The van der Waals surface area contributed by atoms with Gasteiger partial charge in [-0.25, -0.2) is 9.97 Å². The molecule has 0 spiro atoms. The molecule has 0 bridgehead atoms. The van der Waals surface area contributed by atoms with Gasteiger partial charge in [0.25, 0.3) is 0 Å². The summed E-state index contributed by atoms with van der Waals surface area (Å²) in [5.74, 6) is 0. The van der Waals surface area contributed by atoms with Crippen LogP contribution < -0.4 is 0 Å². The van der Waals surface area contributed by atoms with Crippen LogP contribution in [-0.2, 0) is 8.46 Å². The van der Waals surface area contributed by atoms with E-state index in [4.69, 9.17) is 0 Å². The molecule has 0 unspecified atom stereocenters. The molecule has 0 saturated heterocycles. The minimum atomic E-state index is 1.50.